The van der Waals surface area contributed by atoms with Gasteiger partial charge in [-0.05, 0) is 50.6 Å². The van der Waals surface area contributed by atoms with Gasteiger partial charge in [0.25, 0.3) is 0 Å². The van der Waals surface area contributed by atoms with E-state index in [4.69, 9.17) is 17.3 Å². The van der Waals surface area contributed by atoms with Gasteiger partial charge < -0.3 is 21.3 Å². The lowest BCUT2D eigenvalue weighted by atomic mass is 9.95. The summed E-state index contributed by atoms with van der Waals surface area (Å²) in [5.41, 5.74) is 4.07. The second-order valence-corrected chi connectivity index (χ2v) is 11.3. The Hall–Kier alpha value is -3.64. The molecular formula is C28H30ClF4N7O. The molecule has 13 heteroatoms. The summed E-state index contributed by atoms with van der Waals surface area (Å²) in [5, 5.41) is 5.91. The molecule has 0 amide bonds. The largest absolute Gasteiger partial charge is 0.397 e. The van der Waals surface area contributed by atoms with E-state index in [2.05, 4.69) is 20.6 Å². The van der Waals surface area contributed by atoms with Gasteiger partial charge in [0.05, 0.1) is 28.4 Å². The van der Waals surface area contributed by atoms with Gasteiger partial charge >= 0.3 is 5.69 Å². The lowest BCUT2D eigenvalue weighted by Crippen LogP contribution is -2.55. The molecule has 2 aliphatic heterocycles. The molecular weight excluding hydrogens is 562 g/mol. The maximum absolute atomic E-state index is 15.9. The van der Waals surface area contributed by atoms with Crippen molar-refractivity contribution in [1.82, 2.24) is 25.2 Å². The molecule has 2 aromatic heterocycles. The quantitative estimate of drug-likeness (QED) is 0.173. The second-order valence-electron chi connectivity index (χ2n) is 11.0. The minimum Gasteiger partial charge on any atom is -0.397 e. The van der Waals surface area contributed by atoms with E-state index in [9.17, 15) is 13.6 Å². The third-order valence-electron chi connectivity index (χ3n) is 7.41. The fourth-order valence-electron chi connectivity index (χ4n) is 5.63. The van der Waals surface area contributed by atoms with Crippen molar-refractivity contribution in [3.8, 4) is 11.3 Å². The summed E-state index contributed by atoms with van der Waals surface area (Å²) in [7, 11) is 0. The van der Waals surface area contributed by atoms with Crippen LogP contribution >= 0.6 is 11.6 Å². The van der Waals surface area contributed by atoms with Crippen molar-refractivity contribution >= 4 is 39.8 Å². The van der Waals surface area contributed by atoms with E-state index >= 15 is 8.78 Å². The van der Waals surface area contributed by atoms with Crippen molar-refractivity contribution in [2.45, 2.75) is 52.7 Å². The van der Waals surface area contributed by atoms with Crippen LogP contribution in [0, 0.1) is 29.2 Å². The molecule has 1 fully saturated rings. The lowest BCUT2D eigenvalue weighted by molar-refractivity contribution is 0.405. The van der Waals surface area contributed by atoms with Crippen LogP contribution in [0.3, 0.4) is 0 Å². The van der Waals surface area contributed by atoms with Crippen molar-refractivity contribution in [2.75, 3.05) is 23.7 Å². The minimum atomic E-state index is -1.92. The third kappa shape index (κ3) is 4.82. The Kier molecular flexibility index (Phi) is 7.49. The number of piperazine rings is 1. The average Bonchev–Trinajstić information content (AvgIpc) is 2.91. The monoisotopic (exact) mass is 591 g/mol. The number of fused-ring (bicyclic) bond motifs is 1. The summed E-state index contributed by atoms with van der Waals surface area (Å²) in [6.45, 7) is 10.6. The molecule has 3 atom stereocenters. The molecule has 0 aliphatic carbocycles. The molecule has 0 unspecified atom stereocenters. The standard InChI is InChI=1S/C28H30ClF4N7O/c1-11(2)23-25(12(3)6-7-35-23)40-27-15(26(38-28(40)41)39-9-13(4)36-14(5)10-39)8-16(30)24(37-27)17-19(31)21(33)20(32)18(29)22(17)34/h6-8,11,13-14,23,35-36H,9-10,34H2,1-5H3/t13-,14+,23-/m1/s1. The van der Waals surface area contributed by atoms with Crippen molar-refractivity contribution < 1.29 is 17.6 Å². The second kappa shape index (κ2) is 10.6. The van der Waals surface area contributed by atoms with Gasteiger partial charge in [-0.25, -0.2) is 31.9 Å². The number of pyridine rings is 1. The van der Waals surface area contributed by atoms with Gasteiger partial charge in [0.15, 0.2) is 28.9 Å². The lowest BCUT2D eigenvalue weighted by Gasteiger charge is -2.37. The summed E-state index contributed by atoms with van der Waals surface area (Å²) >= 11 is 5.83. The van der Waals surface area contributed by atoms with Gasteiger partial charge in [-0.2, -0.15) is 4.98 Å². The molecule has 8 nitrogen and oxygen atoms in total. The predicted octanol–water partition coefficient (Wildman–Crippen LogP) is 4.81. The Balaban J connectivity index is 1.90. The van der Waals surface area contributed by atoms with E-state index in [0.717, 1.165) is 11.6 Å². The minimum absolute atomic E-state index is 0.000553. The van der Waals surface area contributed by atoms with Crippen LogP contribution in [0.2, 0.25) is 5.02 Å². The van der Waals surface area contributed by atoms with Crippen LogP contribution < -0.4 is 27.0 Å². The van der Waals surface area contributed by atoms with Gasteiger partial charge in [-0.15, -0.1) is 0 Å². The number of nitrogens with zero attached hydrogens (tertiary/aromatic N) is 4. The number of nitrogens with two attached hydrogens (primary N) is 1. The maximum Gasteiger partial charge on any atom is 0.355 e. The zero-order valence-electron chi connectivity index (χ0n) is 23.1. The summed E-state index contributed by atoms with van der Waals surface area (Å²) < 4.78 is 60.8. The van der Waals surface area contributed by atoms with Crippen molar-refractivity contribution in [1.29, 1.82) is 0 Å². The number of nitrogens with one attached hydrogen (secondary N) is 2. The normalized spacial score (nSPS) is 21.2. The first-order valence-electron chi connectivity index (χ1n) is 13.2. The van der Waals surface area contributed by atoms with E-state index in [1.54, 1.807) is 12.3 Å². The number of hydrogen-bond acceptors (Lipinski definition) is 7. The molecule has 5 rings (SSSR count). The molecule has 1 saturated heterocycles. The highest BCUT2D eigenvalue weighted by molar-refractivity contribution is 6.34. The van der Waals surface area contributed by atoms with Crippen molar-refractivity contribution in [2.24, 2.45) is 5.92 Å². The molecule has 4 heterocycles. The molecule has 41 heavy (non-hydrogen) atoms. The average molecular weight is 592 g/mol. The topological polar surface area (TPSA) is 101 Å². The van der Waals surface area contributed by atoms with Crippen LogP contribution in [0.25, 0.3) is 28.0 Å². The van der Waals surface area contributed by atoms with E-state index in [-0.39, 0.29) is 40.9 Å². The SMILES string of the molecule is CC1=C(n2c(=O)nc(N3C[C@@H](C)N[C@@H](C)C3)c3cc(F)c(-c4c(N)c(Cl)c(F)c(F)c4F)nc32)[C@@H](C(C)C)NC=C1. The van der Waals surface area contributed by atoms with Crippen LogP contribution in [0.5, 0.6) is 0 Å². The van der Waals surface area contributed by atoms with E-state index in [1.165, 1.54) is 4.57 Å². The first-order valence-corrected chi connectivity index (χ1v) is 13.6. The number of aromatic nitrogens is 3. The molecule has 0 saturated carbocycles. The first-order chi connectivity index (χ1) is 19.3. The summed E-state index contributed by atoms with van der Waals surface area (Å²) in [5.74, 6) is -6.24. The summed E-state index contributed by atoms with van der Waals surface area (Å²) in [6, 6.07) is 0.781. The Morgan fingerprint density at radius 3 is 2.37 bits per heavy atom. The van der Waals surface area contributed by atoms with Gasteiger partial charge in [0.2, 0.25) is 0 Å². The Bertz CT molecular complexity index is 1650. The van der Waals surface area contributed by atoms with Crippen LogP contribution in [-0.2, 0) is 0 Å². The molecule has 2 aliphatic rings. The fraction of sp³-hybridized carbons (Fsp3) is 0.393. The zero-order chi connectivity index (χ0) is 29.9. The van der Waals surface area contributed by atoms with Crippen LogP contribution in [0.15, 0.2) is 28.7 Å². The van der Waals surface area contributed by atoms with Gasteiger partial charge in [-0.1, -0.05) is 25.4 Å². The molecule has 4 N–H and O–H groups in total. The third-order valence-corrected chi connectivity index (χ3v) is 7.78. The molecule has 218 valence electrons. The number of rotatable bonds is 4. The number of halogens is 5. The molecule has 0 radical (unpaired) electrons. The highest BCUT2D eigenvalue weighted by atomic mass is 35.5. The van der Waals surface area contributed by atoms with E-state index < -0.39 is 50.9 Å². The highest BCUT2D eigenvalue weighted by Crippen LogP contribution is 2.40. The number of dihydropyridines is 1. The molecule has 0 bridgehead atoms. The molecule has 1 aromatic carbocycles. The van der Waals surface area contributed by atoms with E-state index in [0.29, 0.717) is 18.8 Å². The number of allylic oxidation sites excluding steroid dienone is 2. The molecule has 0 spiro atoms. The van der Waals surface area contributed by atoms with Gasteiger partial charge in [0.1, 0.15) is 16.5 Å². The fourth-order valence-corrected chi connectivity index (χ4v) is 5.81. The summed E-state index contributed by atoms with van der Waals surface area (Å²) in [6.07, 6.45) is 3.54. The Morgan fingerprint density at radius 1 is 1.07 bits per heavy atom. The predicted molar refractivity (Wildman–Crippen MR) is 153 cm³/mol. The number of hydrogen-bond donors (Lipinski definition) is 3. The molecule has 3 aromatic rings. The Labute approximate surface area is 238 Å². The maximum atomic E-state index is 15.9. The van der Waals surface area contributed by atoms with Crippen LogP contribution in [-0.4, -0.2) is 45.8 Å². The summed E-state index contributed by atoms with van der Waals surface area (Å²) in [4.78, 5) is 24.5. The van der Waals surface area contributed by atoms with Crippen LogP contribution in [0.1, 0.15) is 34.6 Å². The number of benzene rings is 1. The van der Waals surface area contributed by atoms with Crippen molar-refractivity contribution in [3.63, 3.8) is 0 Å². The van der Waals surface area contributed by atoms with Gasteiger partial charge in [0, 0.05) is 25.2 Å². The first kappa shape index (κ1) is 28.9. The van der Waals surface area contributed by atoms with Crippen LogP contribution in [0.4, 0.5) is 29.1 Å². The van der Waals surface area contributed by atoms with E-state index in [1.807, 2.05) is 39.5 Å². The Morgan fingerprint density at radius 2 is 1.73 bits per heavy atom. The number of nitrogen functional groups attached to an aromatic ring is 1. The van der Waals surface area contributed by atoms with Crippen molar-refractivity contribution in [3.05, 3.63) is 62.7 Å². The van der Waals surface area contributed by atoms with Gasteiger partial charge in [-0.3, -0.25) is 0 Å². The number of anilines is 2. The zero-order valence-corrected chi connectivity index (χ0v) is 23.9. The highest BCUT2D eigenvalue weighted by Gasteiger charge is 2.32. The smallest absolute Gasteiger partial charge is 0.355 e.